The van der Waals surface area contributed by atoms with Gasteiger partial charge < -0.3 is 4.74 Å². The van der Waals surface area contributed by atoms with Crippen molar-refractivity contribution in [2.75, 3.05) is 0 Å². The van der Waals surface area contributed by atoms with E-state index in [1.54, 1.807) is 0 Å². The van der Waals surface area contributed by atoms with E-state index in [4.69, 9.17) is 4.74 Å². The number of ether oxygens (including phenoxy) is 1. The van der Waals surface area contributed by atoms with Crippen LogP contribution < -0.4 is 0 Å². The van der Waals surface area contributed by atoms with Gasteiger partial charge in [-0.3, -0.25) is 0 Å². The molecule has 1 nitrogen and oxygen atoms in total. The van der Waals surface area contributed by atoms with Crippen molar-refractivity contribution < 1.29 is 4.74 Å². The first-order chi connectivity index (χ1) is 4.84. The van der Waals surface area contributed by atoms with Crippen LogP contribution in [0.15, 0.2) is 0 Å². The van der Waals surface area contributed by atoms with E-state index < -0.39 is 0 Å². The molecule has 0 bridgehead atoms. The summed E-state index contributed by atoms with van der Waals surface area (Å²) in [5, 5.41) is 0. The van der Waals surface area contributed by atoms with Crippen LogP contribution in [0.3, 0.4) is 0 Å². The summed E-state index contributed by atoms with van der Waals surface area (Å²) in [5.74, 6) is 1.24. The van der Waals surface area contributed by atoms with Crippen molar-refractivity contribution in [2.45, 2.75) is 52.7 Å². The summed E-state index contributed by atoms with van der Waals surface area (Å²) in [6.07, 6.45) is 0. The van der Waals surface area contributed by atoms with E-state index in [0.717, 1.165) is 0 Å². The normalized spacial score (nSPS) is 43.6. The van der Waals surface area contributed by atoms with Gasteiger partial charge in [0, 0.05) is 0 Å². The van der Waals surface area contributed by atoms with Gasteiger partial charge in [-0.15, -0.1) is 0 Å². The summed E-state index contributed by atoms with van der Waals surface area (Å²) in [7, 11) is 0. The number of hydrogen-bond acceptors (Lipinski definition) is 1. The molecule has 0 radical (unpaired) electrons. The second-order valence-electron chi connectivity index (χ2n) is 4.63. The molecule has 0 saturated carbocycles. The van der Waals surface area contributed by atoms with Crippen molar-refractivity contribution in [3.63, 3.8) is 0 Å². The average Bonchev–Trinajstić information content (AvgIpc) is 2.39. The van der Waals surface area contributed by atoms with Gasteiger partial charge in [-0.2, -0.15) is 0 Å². The largest absolute Gasteiger partial charge is 0.363 e. The summed E-state index contributed by atoms with van der Waals surface area (Å²) < 4.78 is 5.81. The van der Waals surface area contributed by atoms with Gasteiger partial charge in [-0.05, 0) is 25.7 Å². The lowest BCUT2D eigenvalue weighted by Crippen LogP contribution is -2.29. The fourth-order valence-electron chi connectivity index (χ4n) is 1.80. The molecule has 0 N–H and O–H groups in total. The third-order valence-electron chi connectivity index (χ3n) is 3.57. The van der Waals surface area contributed by atoms with Crippen LogP contribution >= 0.6 is 0 Å². The van der Waals surface area contributed by atoms with Gasteiger partial charge in [-0.25, -0.2) is 0 Å². The smallest absolute Gasteiger partial charge is 0.0974 e. The van der Waals surface area contributed by atoms with Crippen LogP contribution in [0.5, 0.6) is 0 Å². The van der Waals surface area contributed by atoms with Gasteiger partial charge in [0.15, 0.2) is 0 Å². The monoisotopic (exact) mass is 156 g/mol. The fourth-order valence-corrected chi connectivity index (χ4v) is 1.80. The molecule has 0 amide bonds. The number of epoxide rings is 1. The van der Waals surface area contributed by atoms with Crippen molar-refractivity contribution in [3.8, 4) is 0 Å². The predicted octanol–water partition coefficient (Wildman–Crippen LogP) is 2.85. The molecule has 0 aromatic heterocycles. The lowest BCUT2D eigenvalue weighted by Gasteiger charge is -2.18. The van der Waals surface area contributed by atoms with Gasteiger partial charge in [-0.1, -0.05) is 27.7 Å². The SMILES string of the molecule is CC(C)C1(C)OC1(C)C(C)C. The summed E-state index contributed by atoms with van der Waals surface area (Å²) >= 11 is 0. The summed E-state index contributed by atoms with van der Waals surface area (Å²) in [4.78, 5) is 0. The highest BCUT2D eigenvalue weighted by Crippen LogP contribution is 2.56. The zero-order valence-electron chi connectivity index (χ0n) is 8.56. The Hall–Kier alpha value is -0.0400. The van der Waals surface area contributed by atoms with Crippen molar-refractivity contribution in [1.29, 1.82) is 0 Å². The minimum atomic E-state index is 0.126. The predicted molar refractivity (Wildman–Crippen MR) is 47.6 cm³/mol. The maximum atomic E-state index is 5.81. The Morgan fingerprint density at radius 3 is 1.18 bits per heavy atom. The van der Waals surface area contributed by atoms with E-state index in [1.807, 2.05) is 0 Å². The Morgan fingerprint density at radius 2 is 1.09 bits per heavy atom. The second kappa shape index (κ2) is 2.22. The Bertz CT molecular complexity index is 144. The molecule has 2 atom stereocenters. The van der Waals surface area contributed by atoms with E-state index in [0.29, 0.717) is 11.8 Å². The molecule has 0 spiro atoms. The lowest BCUT2D eigenvalue weighted by atomic mass is 9.80. The lowest BCUT2D eigenvalue weighted by molar-refractivity contribution is 0.223. The highest BCUT2D eigenvalue weighted by molar-refractivity contribution is 5.13. The maximum Gasteiger partial charge on any atom is 0.0974 e. The Balaban J connectivity index is 2.71. The van der Waals surface area contributed by atoms with Crippen molar-refractivity contribution in [2.24, 2.45) is 11.8 Å². The first kappa shape index (κ1) is 9.05. The molecule has 1 fully saturated rings. The molecule has 1 heteroatoms. The van der Waals surface area contributed by atoms with Crippen molar-refractivity contribution >= 4 is 0 Å². The molecule has 11 heavy (non-hydrogen) atoms. The van der Waals surface area contributed by atoms with E-state index >= 15 is 0 Å². The Morgan fingerprint density at radius 1 is 0.818 bits per heavy atom. The van der Waals surface area contributed by atoms with Crippen LogP contribution in [0.4, 0.5) is 0 Å². The maximum absolute atomic E-state index is 5.81. The van der Waals surface area contributed by atoms with E-state index in [1.165, 1.54) is 0 Å². The van der Waals surface area contributed by atoms with E-state index in [-0.39, 0.29) is 11.2 Å². The second-order valence-corrected chi connectivity index (χ2v) is 4.63. The van der Waals surface area contributed by atoms with Crippen LogP contribution in [0.25, 0.3) is 0 Å². The third kappa shape index (κ3) is 1.01. The molecule has 66 valence electrons. The van der Waals surface area contributed by atoms with Gasteiger partial charge >= 0.3 is 0 Å². The summed E-state index contributed by atoms with van der Waals surface area (Å²) in [5.41, 5.74) is 0.252. The average molecular weight is 156 g/mol. The first-order valence-corrected chi connectivity index (χ1v) is 4.54. The molecular formula is C10H20O. The van der Waals surface area contributed by atoms with Crippen LogP contribution in [-0.2, 0) is 4.74 Å². The molecule has 1 aliphatic rings. The minimum absolute atomic E-state index is 0.126. The third-order valence-corrected chi connectivity index (χ3v) is 3.57. The molecule has 1 saturated heterocycles. The quantitative estimate of drug-likeness (QED) is 0.560. The van der Waals surface area contributed by atoms with Crippen molar-refractivity contribution in [1.82, 2.24) is 0 Å². The molecular weight excluding hydrogens is 136 g/mol. The Labute approximate surface area is 70.1 Å². The number of hydrogen-bond donors (Lipinski definition) is 0. The van der Waals surface area contributed by atoms with Gasteiger partial charge in [0.1, 0.15) is 0 Å². The molecule has 1 aliphatic heterocycles. The van der Waals surface area contributed by atoms with Crippen LogP contribution in [-0.4, -0.2) is 11.2 Å². The van der Waals surface area contributed by atoms with Gasteiger partial charge in [0.05, 0.1) is 11.2 Å². The Kier molecular flexibility index (Phi) is 1.83. The molecule has 0 aromatic rings. The highest BCUT2D eigenvalue weighted by atomic mass is 16.6. The molecule has 0 aromatic carbocycles. The summed E-state index contributed by atoms with van der Waals surface area (Å²) in [6.45, 7) is 13.4. The van der Waals surface area contributed by atoms with Crippen molar-refractivity contribution in [3.05, 3.63) is 0 Å². The van der Waals surface area contributed by atoms with Crippen LogP contribution in [0.2, 0.25) is 0 Å². The first-order valence-electron chi connectivity index (χ1n) is 4.54. The molecule has 0 aliphatic carbocycles. The zero-order chi connectivity index (χ0) is 8.86. The highest BCUT2D eigenvalue weighted by Gasteiger charge is 2.66. The fraction of sp³-hybridized carbons (Fsp3) is 1.00. The standard InChI is InChI=1S/C10H20O/c1-7(2)9(5)10(6,11-9)8(3)4/h7-8H,1-6H3. The molecule has 2 unspecified atom stereocenters. The number of rotatable bonds is 2. The van der Waals surface area contributed by atoms with Crippen LogP contribution in [0.1, 0.15) is 41.5 Å². The van der Waals surface area contributed by atoms with E-state index in [2.05, 4.69) is 41.5 Å². The van der Waals surface area contributed by atoms with E-state index in [9.17, 15) is 0 Å². The minimum Gasteiger partial charge on any atom is -0.363 e. The summed E-state index contributed by atoms with van der Waals surface area (Å²) in [6, 6.07) is 0. The van der Waals surface area contributed by atoms with Crippen LogP contribution in [0, 0.1) is 11.8 Å². The zero-order valence-corrected chi connectivity index (χ0v) is 8.56. The van der Waals surface area contributed by atoms with Gasteiger partial charge in [0.25, 0.3) is 0 Å². The molecule has 1 rings (SSSR count). The molecule has 1 heterocycles. The topological polar surface area (TPSA) is 12.5 Å². The van der Waals surface area contributed by atoms with Gasteiger partial charge in [0.2, 0.25) is 0 Å².